The molecule has 24 nitrogen and oxygen atoms in total. The lowest BCUT2D eigenvalue weighted by Crippen LogP contribution is -2.68. The van der Waals surface area contributed by atoms with Gasteiger partial charge in [0.2, 0.25) is 17.7 Å². The maximum absolute atomic E-state index is 12.4. The highest BCUT2D eigenvalue weighted by Crippen LogP contribution is 2.34. The normalized spacial score (nSPS) is 38.9. The summed E-state index contributed by atoms with van der Waals surface area (Å²) in [7, 11) is 0. The molecule has 14 N–H and O–H groups in total. The molecule has 5 fully saturated rings. The standard InChI is InChI=1S/C38H65N5O19S/c1-17(47)41-26-34(62-37-32(55)30(53)33(21(15-46)60-37)61-36-31(54)29(52)27(50)19(13-44)59-36)28(51)20(14-45)58-35(26)57-12-6-2-3-8-23(48)39-10-11-40-24(49)9-5-4-7-22-25-18(16-63-22)42-38(56)43-25/h18-22,25-37,44-46,50-55H,2-16H2,1H3,(H,39,48)(H,40,49)(H,41,47)(H2,42,43,56)/t18-,19+,20+,21+,22-,25-,26+,27-,28-,29-,30+,31+,32+,33-,34+,35-,36+,37-/m0/s1. The highest BCUT2D eigenvalue weighted by Gasteiger charge is 2.54. The van der Waals surface area contributed by atoms with Crippen LogP contribution in [0.25, 0.3) is 0 Å². The van der Waals surface area contributed by atoms with E-state index in [9.17, 15) is 65.1 Å². The number of hydrogen-bond donors (Lipinski definition) is 14. The van der Waals surface area contributed by atoms with Gasteiger partial charge >= 0.3 is 6.03 Å². The molecule has 0 spiro atoms. The molecule has 0 radical (unpaired) electrons. The van der Waals surface area contributed by atoms with Gasteiger partial charge in [0.05, 0.1) is 31.9 Å². The van der Waals surface area contributed by atoms with Crippen LogP contribution in [0.15, 0.2) is 0 Å². The molecule has 0 saturated carbocycles. The van der Waals surface area contributed by atoms with E-state index in [0.29, 0.717) is 37.5 Å². The van der Waals surface area contributed by atoms with Crippen LogP contribution in [-0.4, -0.2) is 224 Å². The van der Waals surface area contributed by atoms with Gasteiger partial charge in [-0.3, -0.25) is 14.4 Å². The Morgan fingerprint density at radius 3 is 1.89 bits per heavy atom. The van der Waals surface area contributed by atoms with Gasteiger partial charge in [0.1, 0.15) is 73.2 Å². The molecule has 362 valence electrons. The molecule has 18 atom stereocenters. The van der Waals surface area contributed by atoms with E-state index in [1.54, 1.807) is 0 Å². The molecule has 5 aliphatic rings. The van der Waals surface area contributed by atoms with Gasteiger partial charge in [-0.1, -0.05) is 12.8 Å². The van der Waals surface area contributed by atoms with Crippen molar-refractivity contribution < 1.29 is 93.6 Å². The summed E-state index contributed by atoms with van der Waals surface area (Å²) in [5, 5.41) is 108. The molecule has 0 unspecified atom stereocenters. The van der Waals surface area contributed by atoms with Crippen molar-refractivity contribution in [2.75, 3.05) is 45.3 Å². The van der Waals surface area contributed by atoms with Crippen molar-refractivity contribution in [1.29, 1.82) is 0 Å². The Kier molecular flexibility index (Phi) is 20.2. The molecule has 5 saturated heterocycles. The third kappa shape index (κ3) is 13.7. The third-order valence-electron chi connectivity index (χ3n) is 11.7. The Bertz CT molecular complexity index is 1470. The second-order valence-electron chi connectivity index (χ2n) is 16.3. The minimum Gasteiger partial charge on any atom is -0.394 e. The predicted molar refractivity (Wildman–Crippen MR) is 215 cm³/mol. The zero-order valence-electron chi connectivity index (χ0n) is 35.0. The van der Waals surface area contributed by atoms with Crippen LogP contribution < -0.4 is 26.6 Å². The fraction of sp³-hybridized carbons (Fsp3) is 0.895. The van der Waals surface area contributed by atoms with Crippen LogP contribution >= 0.6 is 11.8 Å². The average Bonchev–Trinajstić information content (AvgIpc) is 3.82. The van der Waals surface area contributed by atoms with Crippen LogP contribution in [-0.2, 0) is 42.8 Å². The first-order chi connectivity index (χ1) is 30.2. The van der Waals surface area contributed by atoms with Crippen molar-refractivity contribution in [3.05, 3.63) is 0 Å². The lowest BCUT2D eigenvalue weighted by atomic mass is 9.95. The fourth-order valence-corrected chi connectivity index (χ4v) is 9.75. The van der Waals surface area contributed by atoms with Gasteiger partial charge in [-0.25, -0.2) is 4.79 Å². The number of carbonyl (C=O) groups excluding carboxylic acids is 4. The van der Waals surface area contributed by atoms with Gasteiger partial charge in [0.25, 0.3) is 0 Å². The molecule has 5 heterocycles. The van der Waals surface area contributed by atoms with Crippen LogP contribution in [0.2, 0.25) is 0 Å². The Morgan fingerprint density at radius 1 is 0.683 bits per heavy atom. The predicted octanol–water partition coefficient (Wildman–Crippen LogP) is -5.89. The maximum Gasteiger partial charge on any atom is 0.315 e. The Balaban J connectivity index is 1.02. The van der Waals surface area contributed by atoms with Crippen molar-refractivity contribution in [2.45, 2.75) is 168 Å². The Labute approximate surface area is 368 Å². The number of aliphatic hydroxyl groups is 9. The molecular formula is C38H65N5O19S. The quantitative estimate of drug-likeness (QED) is 0.0335. The van der Waals surface area contributed by atoms with Crippen molar-refractivity contribution in [3.63, 3.8) is 0 Å². The Hall–Kier alpha value is -2.57. The number of carbonyl (C=O) groups is 4. The number of nitrogens with one attached hydrogen (secondary N) is 5. The molecular weight excluding hydrogens is 863 g/mol. The summed E-state index contributed by atoms with van der Waals surface area (Å²) in [6.45, 7) is -0.556. The summed E-state index contributed by atoms with van der Waals surface area (Å²) < 4.78 is 34.2. The molecule has 5 aliphatic heterocycles. The van der Waals surface area contributed by atoms with Crippen molar-refractivity contribution in [2.24, 2.45) is 0 Å². The first-order valence-corrected chi connectivity index (χ1v) is 22.5. The minimum absolute atomic E-state index is 0.0502. The molecule has 0 aromatic heterocycles. The number of rotatable bonds is 23. The summed E-state index contributed by atoms with van der Waals surface area (Å²) >= 11 is 1.84. The number of thioether (sulfide) groups is 1. The first kappa shape index (κ1) is 51.4. The van der Waals surface area contributed by atoms with Gasteiger partial charge in [0, 0.05) is 50.5 Å². The summed E-state index contributed by atoms with van der Waals surface area (Å²) in [5.41, 5.74) is 0. The summed E-state index contributed by atoms with van der Waals surface area (Å²) in [6.07, 6.45) is -18.5. The second-order valence-corrected chi connectivity index (χ2v) is 17.6. The van der Waals surface area contributed by atoms with E-state index in [2.05, 4.69) is 26.6 Å². The second kappa shape index (κ2) is 24.8. The van der Waals surface area contributed by atoms with Gasteiger partial charge in [-0.2, -0.15) is 11.8 Å². The molecule has 5 rings (SSSR count). The maximum atomic E-state index is 12.4. The van der Waals surface area contributed by atoms with Crippen LogP contribution in [0.1, 0.15) is 58.3 Å². The lowest BCUT2D eigenvalue weighted by Gasteiger charge is -2.48. The summed E-state index contributed by atoms with van der Waals surface area (Å²) in [4.78, 5) is 48.5. The largest absolute Gasteiger partial charge is 0.394 e. The molecule has 25 heteroatoms. The van der Waals surface area contributed by atoms with E-state index in [4.69, 9.17) is 28.4 Å². The number of unbranched alkanes of at least 4 members (excludes halogenated alkanes) is 3. The van der Waals surface area contributed by atoms with E-state index in [1.807, 2.05) is 11.8 Å². The molecule has 0 aromatic carbocycles. The highest BCUT2D eigenvalue weighted by molar-refractivity contribution is 8.00. The SMILES string of the molecule is CC(=O)N[C@H]1[C@@H](OCCCCCC(=O)NCCNC(=O)CCCC[C@@H]2SC[C@@H]3NC(=O)N[C@@H]32)O[C@H](CO)[C@H](O)[C@@H]1O[C@@H]1O[C@H](CO)[C@H](O[C@H]2O[C@H](CO)[C@H](O)[C@H](O)[C@H]2O)[C@H](O)[C@H]1O. The van der Waals surface area contributed by atoms with Crippen LogP contribution in [0.3, 0.4) is 0 Å². The van der Waals surface area contributed by atoms with Crippen LogP contribution in [0.4, 0.5) is 4.79 Å². The number of hydrogen-bond acceptors (Lipinski definition) is 20. The Morgan fingerprint density at radius 2 is 1.25 bits per heavy atom. The number of urea groups is 1. The van der Waals surface area contributed by atoms with Gasteiger partial charge in [-0.15, -0.1) is 0 Å². The number of aliphatic hydroxyl groups excluding tert-OH is 9. The fourth-order valence-electron chi connectivity index (χ4n) is 8.20. The minimum atomic E-state index is -1.97. The monoisotopic (exact) mass is 927 g/mol. The molecule has 0 aliphatic carbocycles. The van der Waals surface area contributed by atoms with E-state index >= 15 is 0 Å². The van der Waals surface area contributed by atoms with E-state index < -0.39 is 118 Å². The molecule has 63 heavy (non-hydrogen) atoms. The summed E-state index contributed by atoms with van der Waals surface area (Å²) in [6, 6.07) is -1.08. The molecule has 0 bridgehead atoms. The molecule has 5 amide bonds. The number of fused-ring (bicyclic) bond motifs is 1. The topological polar surface area (TPSA) is 366 Å². The van der Waals surface area contributed by atoms with E-state index in [0.717, 1.165) is 25.0 Å². The van der Waals surface area contributed by atoms with Crippen LogP contribution in [0.5, 0.6) is 0 Å². The highest BCUT2D eigenvalue weighted by atomic mass is 32.2. The van der Waals surface area contributed by atoms with Crippen LogP contribution in [0, 0.1) is 0 Å². The van der Waals surface area contributed by atoms with Crippen molar-refractivity contribution in [1.82, 2.24) is 26.6 Å². The van der Waals surface area contributed by atoms with E-state index in [1.165, 1.54) is 6.92 Å². The molecule has 0 aromatic rings. The first-order valence-electron chi connectivity index (χ1n) is 21.5. The zero-order valence-corrected chi connectivity index (χ0v) is 35.8. The number of amides is 5. The van der Waals surface area contributed by atoms with Gasteiger partial charge < -0.3 is 101 Å². The summed E-state index contributed by atoms with van der Waals surface area (Å²) in [5.74, 6) is 0.00769. The number of ether oxygens (including phenoxy) is 6. The lowest BCUT2D eigenvalue weighted by molar-refractivity contribution is -0.373. The van der Waals surface area contributed by atoms with Gasteiger partial charge in [0.15, 0.2) is 18.9 Å². The average molecular weight is 928 g/mol. The zero-order chi connectivity index (χ0) is 45.8. The van der Waals surface area contributed by atoms with Gasteiger partial charge in [-0.05, 0) is 25.7 Å². The van der Waals surface area contributed by atoms with E-state index in [-0.39, 0.29) is 49.5 Å². The smallest absolute Gasteiger partial charge is 0.315 e. The third-order valence-corrected chi connectivity index (χ3v) is 13.2. The van der Waals surface area contributed by atoms with Crippen molar-refractivity contribution >= 4 is 35.5 Å². The van der Waals surface area contributed by atoms with Crippen molar-refractivity contribution in [3.8, 4) is 0 Å².